The van der Waals surface area contributed by atoms with E-state index in [0.717, 1.165) is 49.1 Å². The Balaban J connectivity index is 1.57. The predicted octanol–water partition coefficient (Wildman–Crippen LogP) is 3.61. The number of hydrogen-bond donors (Lipinski definition) is 0. The van der Waals surface area contributed by atoms with Gasteiger partial charge in [-0.25, -0.2) is 0 Å². The Labute approximate surface area is 186 Å². The summed E-state index contributed by atoms with van der Waals surface area (Å²) < 4.78 is 13.0. The molecule has 1 aliphatic rings. The molecule has 0 saturated carbocycles. The van der Waals surface area contributed by atoms with Crippen molar-refractivity contribution in [2.75, 3.05) is 37.9 Å². The largest absolute Gasteiger partial charge is 0.495 e. The van der Waals surface area contributed by atoms with Gasteiger partial charge in [-0.15, -0.1) is 10.2 Å². The summed E-state index contributed by atoms with van der Waals surface area (Å²) >= 11 is 1.38. The molecule has 3 heterocycles. The highest BCUT2D eigenvalue weighted by molar-refractivity contribution is 7.99. The van der Waals surface area contributed by atoms with Crippen LogP contribution >= 0.6 is 11.8 Å². The van der Waals surface area contributed by atoms with Gasteiger partial charge in [-0.3, -0.25) is 9.36 Å². The van der Waals surface area contributed by atoms with Crippen molar-refractivity contribution < 1.29 is 13.9 Å². The third kappa shape index (κ3) is 4.87. The maximum Gasteiger partial charge on any atom is 0.233 e. The quantitative estimate of drug-likeness (QED) is 0.494. The third-order valence-electron chi connectivity index (χ3n) is 5.30. The monoisotopic (exact) mass is 441 g/mol. The number of anilines is 1. The predicted molar refractivity (Wildman–Crippen MR) is 120 cm³/mol. The molecule has 8 nitrogen and oxygen atoms in total. The highest BCUT2D eigenvalue weighted by Crippen LogP contribution is 2.32. The number of carbonyl (C=O) groups excluding carboxylic acids is 1. The number of thioether (sulfide) groups is 1. The number of ether oxygens (including phenoxy) is 1. The lowest BCUT2D eigenvalue weighted by molar-refractivity contribution is -0.127. The van der Waals surface area contributed by atoms with Crippen molar-refractivity contribution in [2.24, 2.45) is 0 Å². The van der Waals surface area contributed by atoms with Crippen molar-refractivity contribution in [1.29, 1.82) is 0 Å². The van der Waals surface area contributed by atoms with Crippen LogP contribution in [0.15, 0.2) is 52.2 Å². The summed E-state index contributed by atoms with van der Waals surface area (Å²) in [5.74, 6) is 2.54. The Morgan fingerprint density at radius 1 is 1.16 bits per heavy atom. The Hall–Kier alpha value is -2.94. The van der Waals surface area contributed by atoms with Crippen molar-refractivity contribution in [2.45, 2.75) is 31.0 Å². The van der Waals surface area contributed by atoms with E-state index in [2.05, 4.69) is 15.1 Å². The molecule has 1 fully saturated rings. The van der Waals surface area contributed by atoms with E-state index in [1.165, 1.54) is 18.2 Å². The average Bonchev–Trinajstić information content (AvgIpc) is 3.47. The second-order valence-corrected chi connectivity index (χ2v) is 8.40. The van der Waals surface area contributed by atoms with Gasteiger partial charge in [0.1, 0.15) is 11.5 Å². The number of methoxy groups -OCH3 is 1. The molecule has 0 atom stereocenters. The zero-order valence-electron chi connectivity index (χ0n) is 17.9. The van der Waals surface area contributed by atoms with Gasteiger partial charge in [0.25, 0.3) is 0 Å². The van der Waals surface area contributed by atoms with E-state index in [-0.39, 0.29) is 11.7 Å². The van der Waals surface area contributed by atoms with Crippen molar-refractivity contribution >= 4 is 23.6 Å². The van der Waals surface area contributed by atoms with E-state index >= 15 is 0 Å². The first kappa shape index (κ1) is 21.3. The summed E-state index contributed by atoms with van der Waals surface area (Å²) in [7, 11) is 3.43. The summed E-state index contributed by atoms with van der Waals surface area (Å²) in [5.41, 5.74) is 0.870. The zero-order chi connectivity index (χ0) is 21.6. The number of carbonyl (C=O) groups is 1. The van der Waals surface area contributed by atoms with Crippen LogP contribution in [-0.2, 0) is 11.3 Å². The molecule has 9 heteroatoms. The van der Waals surface area contributed by atoms with Crippen molar-refractivity contribution in [3.8, 4) is 11.4 Å². The number of furan rings is 1. The van der Waals surface area contributed by atoms with Gasteiger partial charge in [0.05, 0.1) is 31.4 Å². The van der Waals surface area contributed by atoms with Gasteiger partial charge in [-0.2, -0.15) is 0 Å². The molecule has 164 valence electrons. The fraction of sp³-hybridized carbons (Fsp3) is 0.409. The molecule has 31 heavy (non-hydrogen) atoms. The minimum absolute atomic E-state index is 0.00417. The smallest absolute Gasteiger partial charge is 0.233 e. The summed E-state index contributed by atoms with van der Waals surface area (Å²) in [5, 5.41) is 9.61. The molecular weight excluding hydrogens is 414 g/mol. The van der Waals surface area contributed by atoms with E-state index in [1.54, 1.807) is 25.3 Å². The topological polar surface area (TPSA) is 76.6 Å². The summed E-state index contributed by atoms with van der Waals surface area (Å²) in [6.07, 6.45) is 5.12. The van der Waals surface area contributed by atoms with E-state index < -0.39 is 0 Å². The molecule has 0 spiro atoms. The highest BCUT2D eigenvalue weighted by atomic mass is 32.2. The first-order valence-electron chi connectivity index (χ1n) is 10.4. The van der Waals surface area contributed by atoms with Crippen molar-refractivity contribution in [3.05, 3.63) is 48.4 Å². The van der Waals surface area contributed by atoms with Crippen LogP contribution in [0.1, 0.15) is 25.0 Å². The molecule has 1 amide bonds. The normalized spacial score (nSPS) is 13.9. The second kappa shape index (κ2) is 9.91. The summed E-state index contributed by atoms with van der Waals surface area (Å²) in [6.45, 7) is 2.33. The van der Waals surface area contributed by atoms with Crippen LogP contribution in [0.3, 0.4) is 0 Å². The first-order valence-corrected chi connectivity index (χ1v) is 11.4. The van der Waals surface area contributed by atoms with Crippen molar-refractivity contribution in [3.63, 3.8) is 0 Å². The molecule has 3 aromatic rings. The van der Waals surface area contributed by atoms with Gasteiger partial charge in [-0.05, 0) is 43.5 Å². The standard InChI is InChI=1S/C22H27N5O3S/c1-25(15-17-9-8-14-30-17)20(28)16-31-22-24-23-21(26-12-6-3-7-13-26)27(22)18-10-4-5-11-19(18)29-2/h4-5,8-11,14H,3,6-7,12-13,15-16H2,1-2H3. The second-order valence-electron chi connectivity index (χ2n) is 7.46. The molecule has 4 rings (SSSR count). The minimum atomic E-state index is -0.00417. The highest BCUT2D eigenvalue weighted by Gasteiger charge is 2.24. The van der Waals surface area contributed by atoms with Crippen LogP contribution in [0, 0.1) is 0 Å². The molecule has 0 N–H and O–H groups in total. The molecule has 0 unspecified atom stereocenters. The Bertz CT molecular complexity index is 999. The molecule has 0 bridgehead atoms. The van der Waals surface area contributed by atoms with Gasteiger partial charge in [-0.1, -0.05) is 23.9 Å². The number of benzene rings is 1. The maximum atomic E-state index is 12.7. The van der Waals surface area contributed by atoms with Crippen LogP contribution in [-0.4, -0.2) is 58.6 Å². The fourth-order valence-electron chi connectivity index (χ4n) is 3.64. The number of piperidine rings is 1. The molecule has 2 aromatic heterocycles. The third-order valence-corrected chi connectivity index (χ3v) is 6.22. The lowest BCUT2D eigenvalue weighted by Gasteiger charge is -2.28. The van der Waals surface area contributed by atoms with Gasteiger partial charge >= 0.3 is 0 Å². The number of hydrogen-bond acceptors (Lipinski definition) is 7. The lowest BCUT2D eigenvalue weighted by Crippen LogP contribution is -2.32. The van der Waals surface area contributed by atoms with E-state index in [1.807, 2.05) is 41.0 Å². The van der Waals surface area contributed by atoms with Crippen LogP contribution in [0.25, 0.3) is 5.69 Å². The van der Waals surface area contributed by atoms with Crippen LogP contribution < -0.4 is 9.64 Å². The first-order chi connectivity index (χ1) is 15.2. The van der Waals surface area contributed by atoms with Crippen LogP contribution in [0.4, 0.5) is 5.95 Å². The lowest BCUT2D eigenvalue weighted by atomic mass is 10.1. The maximum absolute atomic E-state index is 12.7. The summed E-state index contributed by atoms with van der Waals surface area (Å²) in [6, 6.07) is 11.5. The van der Waals surface area contributed by atoms with Crippen LogP contribution in [0.5, 0.6) is 5.75 Å². The Morgan fingerprint density at radius 2 is 1.97 bits per heavy atom. The number of aromatic nitrogens is 3. The number of nitrogens with zero attached hydrogens (tertiary/aromatic N) is 5. The van der Waals surface area contributed by atoms with E-state index in [0.29, 0.717) is 11.7 Å². The van der Waals surface area contributed by atoms with E-state index in [4.69, 9.17) is 9.15 Å². The van der Waals surface area contributed by atoms with Gasteiger partial charge < -0.3 is 19.0 Å². The molecule has 1 aromatic carbocycles. The molecular formula is C22H27N5O3S. The SMILES string of the molecule is COc1ccccc1-n1c(SCC(=O)N(C)Cc2ccco2)nnc1N1CCCCC1. The number of amides is 1. The zero-order valence-corrected chi connectivity index (χ0v) is 18.7. The number of rotatable bonds is 8. The fourth-order valence-corrected chi connectivity index (χ4v) is 4.52. The Morgan fingerprint density at radius 3 is 2.71 bits per heavy atom. The van der Waals surface area contributed by atoms with Gasteiger partial charge in [0, 0.05) is 20.1 Å². The van der Waals surface area contributed by atoms with Crippen molar-refractivity contribution in [1.82, 2.24) is 19.7 Å². The molecule has 0 radical (unpaired) electrons. The Kier molecular flexibility index (Phi) is 6.81. The number of para-hydroxylation sites is 2. The van der Waals surface area contributed by atoms with Crippen LogP contribution in [0.2, 0.25) is 0 Å². The van der Waals surface area contributed by atoms with E-state index in [9.17, 15) is 4.79 Å². The van der Waals surface area contributed by atoms with Gasteiger partial charge in [0.15, 0.2) is 5.16 Å². The average molecular weight is 442 g/mol. The molecule has 1 aliphatic heterocycles. The van der Waals surface area contributed by atoms with Gasteiger partial charge in [0.2, 0.25) is 11.9 Å². The minimum Gasteiger partial charge on any atom is -0.495 e. The summed E-state index contributed by atoms with van der Waals surface area (Å²) in [4.78, 5) is 16.6. The molecule has 0 aliphatic carbocycles. The molecule has 1 saturated heterocycles.